The van der Waals surface area contributed by atoms with E-state index in [4.69, 9.17) is 0 Å². The van der Waals surface area contributed by atoms with Gasteiger partial charge in [-0.1, -0.05) is 19.3 Å². The van der Waals surface area contributed by atoms with Crippen LogP contribution in [0.1, 0.15) is 63.4 Å². The van der Waals surface area contributed by atoms with Crippen molar-refractivity contribution in [3.63, 3.8) is 0 Å². The number of aromatic amines is 1. The van der Waals surface area contributed by atoms with E-state index in [1.807, 2.05) is 16.0 Å². The van der Waals surface area contributed by atoms with Gasteiger partial charge in [0.05, 0.1) is 12.1 Å². The zero-order chi connectivity index (χ0) is 20.8. The molecule has 1 aliphatic carbocycles. The molecule has 0 radical (unpaired) electrons. The molecule has 2 amide bonds. The van der Waals surface area contributed by atoms with Gasteiger partial charge in [0.2, 0.25) is 11.8 Å². The number of hydrogen-bond donors (Lipinski definition) is 1. The third kappa shape index (κ3) is 3.30. The van der Waals surface area contributed by atoms with Crippen LogP contribution >= 0.6 is 0 Å². The molecule has 2 aromatic rings. The highest BCUT2D eigenvalue weighted by Gasteiger charge is 2.51. The fourth-order valence-corrected chi connectivity index (χ4v) is 6.19. The summed E-state index contributed by atoms with van der Waals surface area (Å²) in [4.78, 5) is 32.9. The average Bonchev–Trinajstić information content (AvgIpc) is 3.42. The summed E-state index contributed by atoms with van der Waals surface area (Å²) in [6.45, 7) is 2.90. The number of amides is 2. The van der Waals surface area contributed by atoms with Crippen LogP contribution in [0, 0.1) is 11.7 Å². The second-order valence-corrected chi connectivity index (χ2v) is 9.35. The van der Waals surface area contributed by atoms with E-state index >= 15 is 0 Å². The number of likely N-dealkylation sites (tertiary alicyclic amines) is 2. The van der Waals surface area contributed by atoms with Crippen LogP contribution in [-0.2, 0) is 9.59 Å². The van der Waals surface area contributed by atoms with Crippen molar-refractivity contribution in [3.05, 3.63) is 35.8 Å². The van der Waals surface area contributed by atoms with E-state index < -0.39 is 0 Å². The van der Waals surface area contributed by atoms with E-state index in [0.29, 0.717) is 25.4 Å². The summed E-state index contributed by atoms with van der Waals surface area (Å²) in [5.74, 6) is 0.525. The Balaban J connectivity index is 1.46. The zero-order valence-corrected chi connectivity index (χ0v) is 17.6. The molecule has 6 heteroatoms. The lowest BCUT2D eigenvalue weighted by Crippen LogP contribution is -2.43. The van der Waals surface area contributed by atoms with Gasteiger partial charge in [-0.15, -0.1) is 0 Å². The quantitative estimate of drug-likeness (QED) is 0.823. The maximum absolute atomic E-state index is 14.0. The molecule has 0 unspecified atom stereocenters. The van der Waals surface area contributed by atoms with Gasteiger partial charge in [-0.2, -0.15) is 0 Å². The van der Waals surface area contributed by atoms with Gasteiger partial charge in [-0.05, 0) is 48.9 Å². The molecule has 1 aromatic carbocycles. The number of fused-ring (bicyclic) bond motifs is 2. The van der Waals surface area contributed by atoms with Crippen LogP contribution in [0.15, 0.2) is 24.4 Å². The first-order chi connectivity index (χ1) is 14.5. The van der Waals surface area contributed by atoms with Crippen molar-refractivity contribution >= 4 is 22.7 Å². The van der Waals surface area contributed by atoms with E-state index in [0.717, 1.165) is 35.7 Å². The van der Waals surface area contributed by atoms with Crippen molar-refractivity contribution in [2.75, 3.05) is 13.1 Å². The number of nitrogens with one attached hydrogen (secondary N) is 1. The van der Waals surface area contributed by atoms with E-state index in [-0.39, 0.29) is 35.6 Å². The van der Waals surface area contributed by atoms with Crippen LogP contribution in [0.2, 0.25) is 0 Å². The molecule has 2 saturated heterocycles. The van der Waals surface area contributed by atoms with Crippen molar-refractivity contribution in [2.45, 2.75) is 69.9 Å². The Hall–Kier alpha value is -2.37. The standard InChI is InChI=1S/C24H30FN3O2/c1-15(29)28-14-20(19-13-26-21-8-7-17(25)12-18(19)21)24-22(28)9-10-27(24)23(30)11-16-5-3-2-4-6-16/h7-8,12-13,16,20,22,24,26H,2-6,9-11,14H2,1H3/t20-,22-,24-/m1/s1. The Bertz CT molecular complexity index is 965. The molecular formula is C24H30FN3O2. The Labute approximate surface area is 176 Å². The first kappa shape index (κ1) is 19.6. The highest BCUT2D eigenvalue weighted by molar-refractivity contribution is 5.85. The lowest BCUT2D eigenvalue weighted by Gasteiger charge is -2.31. The highest BCUT2D eigenvalue weighted by atomic mass is 19.1. The predicted octanol–water partition coefficient (Wildman–Crippen LogP) is 4.19. The lowest BCUT2D eigenvalue weighted by atomic mass is 9.86. The summed E-state index contributed by atoms with van der Waals surface area (Å²) >= 11 is 0. The number of benzene rings is 1. The van der Waals surface area contributed by atoms with E-state index in [1.54, 1.807) is 19.1 Å². The molecule has 3 fully saturated rings. The van der Waals surface area contributed by atoms with Crippen molar-refractivity contribution in [3.8, 4) is 0 Å². The Morgan fingerprint density at radius 3 is 2.70 bits per heavy atom. The zero-order valence-electron chi connectivity index (χ0n) is 17.6. The summed E-state index contributed by atoms with van der Waals surface area (Å²) < 4.78 is 14.0. The summed E-state index contributed by atoms with van der Waals surface area (Å²) in [5.41, 5.74) is 1.91. The van der Waals surface area contributed by atoms with Crippen LogP contribution in [-0.4, -0.2) is 51.8 Å². The molecule has 3 aliphatic rings. The van der Waals surface area contributed by atoms with Gasteiger partial charge in [0.1, 0.15) is 5.82 Å². The number of carbonyl (C=O) groups is 2. The fourth-order valence-electron chi connectivity index (χ4n) is 6.19. The maximum Gasteiger partial charge on any atom is 0.223 e. The van der Waals surface area contributed by atoms with Crippen LogP contribution in [0.25, 0.3) is 10.9 Å². The van der Waals surface area contributed by atoms with Gasteiger partial charge < -0.3 is 14.8 Å². The van der Waals surface area contributed by atoms with Crippen LogP contribution in [0.5, 0.6) is 0 Å². The second-order valence-electron chi connectivity index (χ2n) is 9.35. The molecular weight excluding hydrogens is 381 g/mol. The molecule has 30 heavy (non-hydrogen) atoms. The van der Waals surface area contributed by atoms with E-state index in [1.165, 1.54) is 25.3 Å². The largest absolute Gasteiger partial charge is 0.361 e. The van der Waals surface area contributed by atoms with Crippen LogP contribution in [0.3, 0.4) is 0 Å². The first-order valence-corrected chi connectivity index (χ1v) is 11.4. The van der Waals surface area contributed by atoms with Gasteiger partial charge in [-0.3, -0.25) is 9.59 Å². The number of rotatable bonds is 3. The average molecular weight is 412 g/mol. The van der Waals surface area contributed by atoms with Crippen LogP contribution < -0.4 is 0 Å². The smallest absolute Gasteiger partial charge is 0.223 e. The summed E-state index contributed by atoms with van der Waals surface area (Å²) in [5, 5.41) is 0.857. The number of halogens is 1. The van der Waals surface area contributed by atoms with E-state index in [2.05, 4.69) is 4.98 Å². The molecule has 0 spiro atoms. The number of aromatic nitrogens is 1. The predicted molar refractivity (Wildman–Crippen MR) is 113 cm³/mol. The Morgan fingerprint density at radius 2 is 1.93 bits per heavy atom. The molecule has 1 saturated carbocycles. The first-order valence-electron chi connectivity index (χ1n) is 11.4. The van der Waals surface area contributed by atoms with Crippen molar-refractivity contribution in [2.24, 2.45) is 5.92 Å². The monoisotopic (exact) mass is 411 g/mol. The highest BCUT2D eigenvalue weighted by Crippen LogP contribution is 2.43. The summed E-state index contributed by atoms with van der Waals surface area (Å²) in [6.07, 6.45) is 9.43. The molecule has 1 N–H and O–H groups in total. The molecule has 2 aliphatic heterocycles. The van der Waals surface area contributed by atoms with Gasteiger partial charge in [-0.25, -0.2) is 4.39 Å². The molecule has 3 heterocycles. The minimum absolute atomic E-state index is 0.00672. The number of nitrogens with zero attached hydrogens (tertiary/aromatic N) is 2. The summed E-state index contributed by atoms with van der Waals surface area (Å²) in [6, 6.07) is 4.81. The van der Waals surface area contributed by atoms with Gasteiger partial charge in [0.25, 0.3) is 0 Å². The third-order valence-electron chi connectivity index (χ3n) is 7.61. The molecule has 5 rings (SSSR count). The second kappa shape index (κ2) is 7.71. The van der Waals surface area contributed by atoms with Crippen molar-refractivity contribution in [1.29, 1.82) is 0 Å². The number of H-pyrrole nitrogens is 1. The molecule has 0 bridgehead atoms. The topological polar surface area (TPSA) is 56.4 Å². The van der Waals surface area contributed by atoms with Crippen molar-refractivity contribution < 1.29 is 14.0 Å². The Kier molecular flexibility index (Phi) is 5.03. The van der Waals surface area contributed by atoms with Gasteiger partial charge in [0, 0.05) is 49.5 Å². The lowest BCUT2D eigenvalue weighted by molar-refractivity contribution is -0.134. The van der Waals surface area contributed by atoms with Gasteiger partial charge in [0.15, 0.2) is 0 Å². The Morgan fingerprint density at radius 1 is 1.13 bits per heavy atom. The number of hydrogen-bond acceptors (Lipinski definition) is 2. The normalized spacial score (nSPS) is 27.1. The molecule has 1 aromatic heterocycles. The third-order valence-corrected chi connectivity index (χ3v) is 7.61. The minimum Gasteiger partial charge on any atom is -0.361 e. The SMILES string of the molecule is CC(=O)N1C[C@H](c2c[nH]c3ccc(F)cc23)[C@@H]2[C@H]1CCN2C(=O)CC1CCCCC1. The van der Waals surface area contributed by atoms with E-state index in [9.17, 15) is 14.0 Å². The van der Waals surface area contributed by atoms with Crippen LogP contribution in [0.4, 0.5) is 4.39 Å². The summed E-state index contributed by atoms with van der Waals surface area (Å²) in [7, 11) is 0. The molecule has 3 atom stereocenters. The fraction of sp³-hybridized carbons (Fsp3) is 0.583. The number of carbonyl (C=O) groups excluding carboxylic acids is 2. The molecule has 5 nitrogen and oxygen atoms in total. The van der Waals surface area contributed by atoms with Crippen molar-refractivity contribution in [1.82, 2.24) is 14.8 Å². The van der Waals surface area contributed by atoms with Gasteiger partial charge >= 0.3 is 0 Å². The molecule has 160 valence electrons. The minimum atomic E-state index is -0.266. The maximum atomic E-state index is 14.0.